The lowest BCUT2D eigenvalue weighted by atomic mass is 10.0. The molecule has 0 amide bonds. The van der Waals surface area contributed by atoms with Gasteiger partial charge in [0.15, 0.2) is 5.82 Å². The molecule has 0 saturated heterocycles. The maximum absolute atomic E-state index is 12.8. The van der Waals surface area contributed by atoms with Crippen molar-refractivity contribution in [3.05, 3.63) is 41.7 Å². The Morgan fingerprint density at radius 1 is 1.08 bits per heavy atom. The fourth-order valence-electron chi connectivity index (χ4n) is 1.75. The Kier molecular flexibility index (Phi) is 4.93. The van der Waals surface area contributed by atoms with Gasteiger partial charge in [-0.2, -0.15) is 26.3 Å². The van der Waals surface area contributed by atoms with Gasteiger partial charge in [0.1, 0.15) is 10.9 Å². The fourth-order valence-corrected chi connectivity index (χ4v) is 2.12. The third-order valence-corrected chi connectivity index (χ3v) is 3.39. The van der Waals surface area contributed by atoms with Crippen LogP contribution < -0.4 is 0 Å². The van der Waals surface area contributed by atoms with E-state index in [2.05, 4.69) is 26.0 Å². The number of alkyl halides is 6. The minimum absolute atomic E-state index is 0.0132. The summed E-state index contributed by atoms with van der Waals surface area (Å²) in [5.74, 6) is -1.78. The highest BCUT2D eigenvalue weighted by Crippen LogP contribution is 2.38. The summed E-state index contributed by atoms with van der Waals surface area (Å²) in [4.78, 5) is 14.2. The van der Waals surface area contributed by atoms with E-state index in [0.29, 0.717) is 18.2 Å². The number of aliphatic carboxylic acids is 1. The lowest BCUT2D eigenvalue weighted by molar-refractivity contribution is -0.143. The second-order valence-corrected chi connectivity index (χ2v) is 5.43. The van der Waals surface area contributed by atoms with Gasteiger partial charge < -0.3 is 5.11 Å². The molecular formula is C13H6BrF6N3O2. The zero-order valence-electron chi connectivity index (χ0n) is 11.7. The number of halogens is 7. The standard InChI is InChI=1S/C13H6BrF6N3O2/c14-9(4-10(24)25)23-5-21-11(22-23)6-1-7(12(15,16)17)3-8(2-6)13(18,19)20/h1-5H,(H,24,25)/b9-4-. The molecule has 0 saturated carbocycles. The first-order valence-corrected chi connectivity index (χ1v) is 6.99. The zero-order chi connectivity index (χ0) is 19.0. The molecule has 0 atom stereocenters. The highest BCUT2D eigenvalue weighted by Gasteiger charge is 2.37. The molecule has 0 radical (unpaired) electrons. The lowest BCUT2D eigenvalue weighted by Gasteiger charge is -2.13. The van der Waals surface area contributed by atoms with Gasteiger partial charge in [-0.15, -0.1) is 5.10 Å². The average molecular weight is 430 g/mol. The Balaban J connectivity index is 2.56. The summed E-state index contributed by atoms with van der Waals surface area (Å²) in [5.41, 5.74) is -3.53. The molecule has 1 aromatic carbocycles. The van der Waals surface area contributed by atoms with Gasteiger partial charge in [0.25, 0.3) is 0 Å². The molecule has 0 aliphatic heterocycles. The van der Waals surface area contributed by atoms with Crippen molar-refractivity contribution < 1.29 is 36.2 Å². The number of rotatable bonds is 3. The lowest BCUT2D eigenvalue weighted by Crippen LogP contribution is -2.11. The Labute approximate surface area is 143 Å². The summed E-state index contributed by atoms with van der Waals surface area (Å²) in [6.45, 7) is 0. The van der Waals surface area contributed by atoms with Gasteiger partial charge in [-0.3, -0.25) is 0 Å². The molecular weight excluding hydrogens is 424 g/mol. The van der Waals surface area contributed by atoms with E-state index in [-0.39, 0.29) is 10.7 Å². The van der Waals surface area contributed by atoms with E-state index in [0.717, 1.165) is 11.0 Å². The number of hydrogen-bond acceptors (Lipinski definition) is 3. The van der Waals surface area contributed by atoms with Crippen LogP contribution in [0.4, 0.5) is 26.3 Å². The largest absolute Gasteiger partial charge is 0.478 e. The fraction of sp³-hybridized carbons (Fsp3) is 0.154. The smallest absolute Gasteiger partial charge is 0.416 e. The zero-order valence-corrected chi connectivity index (χ0v) is 13.3. The molecule has 1 heterocycles. The Hall–Kier alpha value is -2.37. The first kappa shape index (κ1) is 19.0. The molecule has 0 bridgehead atoms. The molecule has 0 aliphatic carbocycles. The quantitative estimate of drug-likeness (QED) is 0.584. The molecule has 0 aliphatic rings. The first-order valence-electron chi connectivity index (χ1n) is 6.20. The van der Waals surface area contributed by atoms with Crippen molar-refractivity contribution in [2.45, 2.75) is 12.4 Å². The number of carboxylic acid groups (broad SMARTS) is 1. The van der Waals surface area contributed by atoms with E-state index in [4.69, 9.17) is 5.11 Å². The van der Waals surface area contributed by atoms with E-state index >= 15 is 0 Å². The number of benzene rings is 1. The molecule has 0 fully saturated rings. The van der Waals surface area contributed by atoms with E-state index in [1.165, 1.54) is 0 Å². The Morgan fingerprint density at radius 3 is 2.04 bits per heavy atom. The monoisotopic (exact) mass is 429 g/mol. The van der Waals surface area contributed by atoms with Crippen LogP contribution in [0.5, 0.6) is 0 Å². The highest BCUT2D eigenvalue weighted by molar-refractivity contribution is 9.14. The minimum atomic E-state index is -5.00. The molecule has 12 heteroatoms. The van der Waals surface area contributed by atoms with Crippen molar-refractivity contribution in [1.82, 2.24) is 14.8 Å². The van der Waals surface area contributed by atoms with Crippen LogP contribution in [0.25, 0.3) is 16.0 Å². The van der Waals surface area contributed by atoms with Crippen LogP contribution in [0, 0.1) is 0 Å². The second kappa shape index (κ2) is 6.50. The summed E-state index contributed by atoms with van der Waals surface area (Å²) < 4.78 is 77.7. The molecule has 134 valence electrons. The molecule has 2 rings (SSSR count). The summed E-state index contributed by atoms with van der Waals surface area (Å²) >= 11 is 2.85. The van der Waals surface area contributed by atoms with Gasteiger partial charge in [-0.1, -0.05) is 0 Å². The number of carbonyl (C=O) groups is 1. The Bertz CT molecular complexity index is 809. The third kappa shape index (κ3) is 4.59. The van der Waals surface area contributed by atoms with Crippen molar-refractivity contribution in [1.29, 1.82) is 0 Å². The number of carboxylic acids is 1. The predicted octanol–water partition coefficient (Wildman–Crippen LogP) is 4.26. The van der Waals surface area contributed by atoms with Crippen LogP contribution in [-0.4, -0.2) is 25.8 Å². The SMILES string of the molecule is O=C(O)/C=C(/Br)n1cnc(-c2cc(C(F)(F)F)cc(C(F)(F)F)c2)n1. The van der Waals surface area contributed by atoms with Crippen molar-refractivity contribution in [2.24, 2.45) is 0 Å². The van der Waals surface area contributed by atoms with Crippen LogP contribution in [-0.2, 0) is 17.1 Å². The van der Waals surface area contributed by atoms with E-state index in [9.17, 15) is 31.1 Å². The van der Waals surface area contributed by atoms with Crippen molar-refractivity contribution in [3.8, 4) is 11.4 Å². The van der Waals surface area contributed by atoms with Crippen molar-refractivity contribution in [2.75, 3.05) is 0 Å². The Morgan fingerprint density at radius 2 is 1.60 bits per heavy atom. The minimum Gasteiger partial charge on any atom is -0.478 e. The predicted molar refractivity (Wildman–Crippen MR) is 76.3 cm³/mol. The molecule has 25 heavy (non-hydrogen) atoms. The summed E-state index contributed by atoms with van der Waals surface area (Å²) in [6.07, 6.45) is -8.39. The van der Waals surface area contributed by atoms with Crippen LogP contribution in [0.3, 0.4) is 0 Å². The van der Waals surface area contributed by atoms with Crippen molar-refractivity contribution >= 4 is 26.5 Å². The number of aromatic nitrogens is 3. The summed E-state index contributed by atoms with van der Waals surface area (Å²) in [7, 11) is 0. The normalized spacial score (nSPS) is 13.2. The molecule has 0 unspecified atom stereocenters. The van der Waals surface area contributed by atoms with Gasteiger partial charge in [-0.25, -0.2) is 14.5 Å². The first-order chi connectivity index (χ1) is 11.4. The van der Waals surface area contributed by atoms with Crippen LogP contribution in [0.15, 0.2) is 30.6 Å². The molecule has 0 spiro atoms. The van der Waals surface area contributed by atoms with Crippen LogP contribution in [0.2, 0.25) is 0 Å². The van der Waals surface area contributed by atoms with Crippen LogP contribution >= 0.6 is 15.9 Å². The van der Waals surface area contributed by atoms with Crippen molar-refractivity contribution in [3.63, 3.8) is 0 Å². The van der Waals surface area contributed by atoms with E-state index in [1.807, 2.05) is 0 Å². The maximum Gasteiger partial charge on any atom is 0.416 e. The third-order valence-electron chi connectivity index (χ3n) is 2.80. The van der Waals surface area contributed by atoms with Gasteiger partial charge in [0, 0.05) is 5.56 Å². The number of hydrogen-bond donors (Lipinski definition) is 1. The topological polar surface area (TPSA) is 68.0 Å². The number of nitrogens with zero attached hydrogens (tertiary/aromatic N) is 3. The van der Waals surface area contributed by atoms with E-state index in [1.54, 1.807) is 0 Å². The van der Waals surface area contributed by atoms with Gasteiger partial charge in [-0.05, 0) is 34.1 Å². The summed E-state index contributed by atoms with van der Waals surface area (Å²) in [5, 5.41) is 12.3. The molecule has 1 aromatic heterocycles. The van der Waals surface area contributed by atoms with Crippen LogP contribution in [0.1, 0.15) is 11.1 Å². The second-order valence-electron chi connectivity index (χ2n) is 4.61. The summed E-state index contributed by atoms with van der Waals surface area (Å²) in [6, 6.07) is 0.939. The average Bonchev–Trinajstić information content (AvgIpc) is 2.94. The molecule has 2 aromatic rings. The van der Waals surface area contributed by atoms with Gasteiger partial charge in [0.05, 0.1) is 17.2 Å². The van der Waals surface area contributed by atoms with Gasteiger partial charge >= 0.3 is 18.3 Å². The maximum atomic E-state index is 12.8. The van der Waals surface area contributed by atoms with E-state index < -0.39 is 40.8 Å². The molecule has 5 nitrogen and oxygen atoms in total. The highest BCUT2D eigenvalue weighted by atomic mass is 79.9. The molecule has 1 N–H and O–H groups in total. The van der Waals surface area contributed by atoms with Gasteiger partial charge in [0.2, 0.25) is 0 Å².